The van der Waals surface area contributed by atoms with Crippen molar-refractivity contribution in [3.63, 3.8) is 0 Å². The predicted molar refractivity (Wildman–Crippen MR) is 64.7 cm³/mol. The fraction of sp³-hybridized carbons (Fsp3) is 0.692. The van der Waals surface area contributed by atoms with Gasteiger partial charge in [0.25, 0.3) is 0 Å². The van der Waals surface area contributed by atoms with Crippen LogP contribution in [0.25, 0.3) is 0 Å². The number of fused-ring (bicyclic) bond motifs is 2. The van der Waals surface area contributed by atoms with Gasteiger partial charge in [-0.3, -0.25) is 9.69 Å². The van der Waals surface area contributed by atoms with Crippen molar-refractivity contribution < 1.29 is 4.79 Å². The molecule has 2 atom stereocenters. The topological polar surface area (TPSA) is 38.1 Å². The van der Waals surface area contributed by atoms with Gasteiger partial charge in [0.2, 0.25) is 0 Å². The minimum Gasteiger partial charge on any atom is -0.338 e. The average Bonchev–Trinajstić information content (AvgIpc) is 2.79. The van der Waals surface area contributed by atoms with E-state index in [0.29, 0.717) is 17.9 Å². The predicted octanol–water partition coefficient (Wildman–Crippen LogP) is 1.16. The largest absolute Gasteiger partial charge is 0.338 e. The number of aryl methyl sites for hydroxylation is 1. The highest BCUT2D eigenvalue weighted by molar-refractivity contribution is 5.80. The normalized spacial score (nSPS) is 28.9. The molecule has 0 aromatic carbocycles. The number of aromatic nitrogens is 2. The Hall–Kier alpha value is -1.16. The smallest absolute Gasteiger partial charge is 0.136 e. The summed E-state index contributed by atoms with van der Waals surface area (Å²) >= 11 is 0. The first-order valence-corrected chi connectivity index (χ1v) is 6.47. The van der Waals surface area contributed by atoms with E-state index in [1.54, 1.807) is 0 Å². The zero-order chi connectivity index (χ0) is 11.8. The number of hydrogen-bond acceptors (Lipinski definition) is 3. The number of imidazole rings is 1. The van der Waals surface area contributed by atoms with Crippen LogP contribution in [0.5, 0.6) is 0 Å². The van der Waals surface area contributed by atoms with Crippen LogP contribution in [0.2, 0.25) is 0 Å². The van der Waals surface area contributed by atoms with Crippen LogP contribution in [0.15, 0.2) is 12.4 Å². The van der Waals surface area contributed by atoms with Gasteiger partial charge in [0, 0.05) is 57.3 Å². The molecule has 2 saturated heterocycles. The molecule has 0 amide bonds. The number of rotatable bonds is 3. The standard InChI is InChI=1S/C13H19N3O/c1-15-7-5-14-13(15)4-6-16-10-2-3-11(16)9-12(17)8-10/h5,7,10-11H,2-4,6,8-9H2,1H3. The summed E-state index contributed by atoms with van der Waals surface area (Å²) < 4.78 is 2.08. The minimum atomic E-state index is 0.464. The molecule has 0 saturated carbocycles. The van der Waals surface area contributed by atoms with E-state index in [1.807, 2.05) is 19.4 Å². The van der Waals surface area contributed by atoms with Gasteiger partial charge in [0.05, 0.1) is 0 Å². The Kier molecular flexibility index (Phi) is 2.74. The number of ketones is 1. The van der Waals surface area contributed by atoms with Crippen LogP contribution < -0.4 is 0 Å². The van der Waals surface area contributed by atoms with Crippen molar-refractivity contribution in [1.82, 2.24) is 14.5 Å². The molecule has 0 aliphatic carbocycles. The maximum atomic E-state index is 11.5. The highest BCUT2D eigenvalue weighted by Crippen LogP contribution is 2.33. The van der Waals surface area contributed by atoms with Crippen LogP contribution in [-0.2, 0) is 18.3 Å². The van der Waals surface area contributed by atoms with Gasteiger partial charge in [0.15, 0.2) is 0 Å². The number of carbonyl (C=O) groups is 1. The second-order valence-electron chi connectivity index (χ2n) is 5.27. The quantitative estimate of drug-likeness (QED) is 0.786. The molecule has 1 aromatic rings. The number of nitrogens with zero attached hydrogens (tertiary/aromatic N) is 3. The van der Waals surface area contributed by atoms with Gasteiger partial charge in [-0.2, -0.15) is 0 Å². The van der Waals surface area contributed by atoms with Gasteiger partial charge >= 0.3 is 0 Å². The molecular formula is C13H19N3O. The Bertz CT molecular complexity index is 410. The SMILES string of the molecule is Cn1ccnc1CCN1C2CCC1CC(=O)C2. The zero-order valence-corrected chi connectivity index (χ0v) is 10.3. The van der Waals surface area contributed by atoms with Gasteiger partial charge in [-0.15, -0.1) is 0 Å². The third-order valence-electron chi connectivity index (χ3n) is 4.21. The van der Waals surface area contributed by atoms with Gasteiger partial charge in [0.1, 0.15) is 11.6 Å². The lowest BCUT2D eigenvalue weighted by Crippen LogP contribution is -2.44. The fourth-order valence-corrected chi connectivity index (χ4v) is 3.29. The molecule has 0 N–H and O–H groups in total. The van der Waals surface area contributed by atoms with Crippen molar-refractivity contribution in [3.8, 4) is 0 Å². The second-order valence-corrected chi connectivity index (χ2v) is 5.27. The molecule has 2 aliphatic rings. The Balaban J connectivity index is 1.63. The summed E-state index contributed by atoms with van der Waals surface area (Å²) in [6, 6.07) is 1.03. The maximum absolute atomic E-state index is 11.5. The number of hydrogen-bond donors (Lipinski definition) is 0. The summed E-state index contributed by atoms with van der Waals surface area (Å²) in [5, 5.41) is 0. The van der Waals surface area contributed by atoms with Gasteiger partial charge in [-0.1, -0.05) is 0 Å². The molecule has 1 aromatic heterocycles. The number of Topliss-reactive ketones (excluding diaryl/α,β-unsaturated/α-hetero) is 1. The lowest BCUT2D eigenvalue weighted by Gasteiger charge is -2.33. The van der Waals surface area contributed by atoms with E-state index in [2.05, 4.69) is 14.5 Å². The molecular weight excluding hydrogens is 214 g/mol. The molecule has 4 heteroatoms. The molecule has 3 rings (SSSR count). The van der Waals surface area contributed by atoms with Crippen LogP contribution >= 0.6 is 0 Å². The second kappa shape index (κ2) is 4.26. The summed E-state index contributed by atoms with van der Waals surface area (Å²) in [5.41, 5.74) is 0. The highest BCUT2D eigenvalue weighted by Gasteiger charge is 2.39. The van der Waals surface area contributed by atoms with Gasteiger partial charge in [-0.05, 0) is 12.8 Å². The summed E-state index contributed by atoms with van der Waals surface area (Å²) in [5.74, 6) is 1.60. The van der Waals surface area contributed by atoms with Crippen LogP contribution in [0, 0.1) is 0 Å². The van der Waals surface area contributed by atoms with E-state index in [1.165, 1.54) is 12.8 Å². The summed E-state index contributed by atoms with van der Waals surface area (Å²) in [4.78, 5) is 18.4. The molecule has 2 aliphatic heterocycles. The molecule has 2 bridgehead atoms. The monoisotopic (exact) mass is 233 g/mol. The Morgan fingerprint density at radius 3 is 2.65 bits per heavy atom. The average molecular weight is 233 g/mol. The van der Waals surface area contributed by atoms with E-state index in [9.17, 15) is 4.79 Å². The molecule has 0 spiro atoms. The summed E-state index contributed by atoms with van der Waals surface area (Å²) in [7, 11) is 2.04. The van der Waals surface area contributed by atoms with Gasteiger partial charge in [-0.25, -0.2) is 4.98 Å². The first-order valence-electron chi connectivity index (χ1n) is 6.47. The van der Waals surface area contributed by atoms with Crippen LogP contribution in [0.4, 0.5) is 0 Å². The lowest BCUT2D eigenvalue weighted by atomic mass is 10.0. The van der Waals surface area contributed by atoms with Crippen molar-refractivity contribution in [2.75, 3.05) is 6.54 Å². The molecule has 17 heavy (non-hydrogen) atoms. The third-order valence-corrected chi connectivity index (χ3v) is 4.21. The summed E-state index contributed by atoms with van der Waals surface area (Å²) in [6.07, 6.45) is 8.79. The highest BCUT2D eigenvalue weighted by atomic mass is 16.1. The van der Waals surface area contributed by atoms with Crippen LogP contribution in [-0.4, -0.2) is 38.9 Å². The van der Waals surface area contributed by atoms with Crippen molar-refractivity contribution >= 4 is 5.78 Å². The van der Waals surface area contributed by atoms with E-state index in [-0.39, 0.29) is 0 Å². The van der Waals surface area contributed by atoms with E-state index < -0.39 is 0 Å². The first-order chi connectivity index (χ1) is 8.24. The molecule has 4 nitrogen and oxygen atoms in total. The van der Waals surface area contributed by atoms with Crippen molar-refractivity contribution in [2.45, 2.75) is 44.2 Å². The van der Waals surface area contributed by atoms with Crippen molar-refractivity contribution in [2.24, 2.45) is 7.05 Å². The minimum absolute atomic E-state index is 0.464. The first kappa shape index (κ1) is 11.0. The lowest BCUT2D eigenvalue weighted by molar-refractivity contribution is -0.123. The Morgan fingerprint density at radius 2 is 2.06 bits per heavy atom. The number of carbonyl (C=O) groups excluding carboxylic acids is 1. The fourth-order valence-electron chi connectivity index (χ4n) is 3.29. The van der Waals surface area contributed by atoms with Crippen molar-refractivity contribution in [1.29, 1.82) is 0 Å². The molecule has 92 valence electrons. The molecule has 3 heterocycles. The molecule has 0 radical (unpaired) electrons. The van der Waals surface area contributed by atoms with Crippen LogP contribution in [0.3, 0.4) is 0 Å². The maximum Gasteiger partial charge on any atom is 0.136 e. The van der Waals surface area contributed by atoms with Crippen LogP contribution in [0.1, 0.15) is 31.5 Å². The zero-order valence-electron chi connectivity index (χ0n) is 10.3. The van der Waals surface area contributed by atoms with E-state index in [0.717, 1.165) is 31.6 Å². The molecule has 2 unspecified atom stereocenters. The Labute approximate surface area is 102 Å². The Morgan fingerprint density at radius 1 is 1.35 bits per heavy atom. The third kappa shape index (κ3) is 2.02. The summed E-state index contributed by atoms with van der Waals surface area (Å²) in [6.45, 7) is 1.05. The molecule has 2 fully saturated rings. The van der Waals surface area contributed by atoms with Gasteiger partial charge < -0.3 is 4.57 Å². The van der Waals surface area contributed by atoms with E-state index >= 15 is 0 Å². The van der Waals surface area contributed by atoms with E-state index in [4.69, 9.17) is 0 Å². The van der Waals surface area contributed by atoms with Crippen molar-refractivity contribution in [3.05, 3.63) is 18.2 Å². The number of piperidine rings is 1.